The van der Waals surface area contributed by atoms with Crippen LogP contribution in [0.1, 0.15) is 48.3 Å². The number of aryl methyl sites for hydroxylation is 2. The third kappa shape index (κ3) is 4.15. The van der Waals surface area contributed by atoms with Crippen LogP contribution in [-0.2, 0) is 18.4 Å². The smallest absolute Gasteiger partial charge is 0.270 e. The van der Waals surface area contributed by atoms with Gasteiger partial charge in [0.15, 0.2) is 0 Å². The van der Waals surface area contributed by atoms with Crippen molar-refractivity contribution in [3.63, 3.8) is 0 Å². The summed E-state index contributed by atoms with van der Waals surface area (Å²) in [6.07, 6.45) is 1.45. The third-order valence-corrected chi connectivity index (χ3v) is 5.63. The number of benzene rings is 2. The van der Waals surface area contributed by atoms with Crippen LogP contribution < -0.4 is 15.0 Å². The molecule has 31 heavy (non-hydrogen) atoms. The number of rotatable bonds is 6. The number of amides is 2. The van der Waals surface area contributed by atoms with E-state index in [2.05, 4.69) is 11.4 Å². The Morgan fingerprint density at radius 2 is 1.90 bits per heavy atom. The predicted molar refractivity (Wildman–Crippen MR) is 123 cm³/mol. The molecule has 0 atom stereocenters. The Bertz CT molecular complexity index is 1130. The molecule has 1 aromatic heterocycles. The fourth-order valence-electron chi connectivity index (χ4n) is 4.18. The highest BCUT2D eigenvalue weighted by Gasteiger charge is 2.31. The second-order valence-electron chi connectivity index (χ2n) is 8.42. The number of nitrogens with zero attached hydrogens (tertiary/aromatic N) is 2. The van der Waals surface area contributed by atoms with Crippen molar-refractivity contribution in [1.82, 2.24) is 9.88 Å². The van der Waals surface area contributed by atoms with Gasteiger partial charge >= 0.3 is 0 Å². The van der Waals surface area contributed by atoms with Gasteiger partial charge in [-0.3, -0.25) is 9.59 Å². The van der Waals surface area contributed by atoms with Crippen molar-refractivity contribution in [3.05, 3.63) is 59.3 Å². The molecule has 1 saturated heterocycles. The number of hydrogen-bond donors (Lipinski definition) is 1. The molecule has 162 valence electrons. The molecule has 0 saturated carbocycles. The zero-order valence-electron chi connectivity index (χ0n) is 18.6. The maximum absolute atomic E-state index is 13.3. The van der Waals surface area contributed by atoms with E-state index >= 15 is 0 Å². The molecule has 0 aliphatic carbocycles. The van der Waals surface area contributed by atoms with Gasteiger partial charge in [0.25, 0.3) is 5.91 Å². The van der Waals surface area contributed by atoms with Gasteiger partial charge in [-0.2, -0.15) is 0 Å². The maximum atomic E-state index is 13.3. The van der Waals surface area contributed by atoms with Crippen LogP contribution in [0.15, 0.2) is 42.5 Å². The van der Waals surface area contributed by atoms with Crippen LogP contribution in [0.2, 0.25) is 0 Å². The van der Waals surface area contributed by atoms with Gasteiger partial charge in [-0.1, -0.05) is 23.8 Å². The number of fused-ring (bicyclic) bond motifs is 1. The number of carbonyl (C=O) groups excluding carboxylic acids is 2. The SMILES string of the molecule is Cc1ccc2c(c1)c(N1CCCC1=O)c(C(=O)NCc1ccc(OC(C)C)cc1)n2C. The number of aromatic nitrogens is 1. The van der Waals surface area contributed by atoms with Crippen molar-refractivity contribution in [2.75, 3.05) is 11.4 Å². The fourth-order valence-corrected chi connectivity index (χ4v) is 4.18. The third-order valence-electron chi connectivity index (χ3n) is 5.63. The molecule has 2 amide bonds. The Balaban J connectivity index is 1.63. The van der Waals surface area contributed by atoms with Gasteiger partial charge in [0.1, 0.15) is 11.4 Å². The normalized spacial score (nSPS) is 14.0. The van der Waals surface area contributed by atoms with Crippen LogP contribution in [-0.4, -0.2) is 29.0 Å². The topological polar surface area (TPSA) is 63.6 Å². The number of hydrogen-bond acceptors (Lipinski definition) is 3. The lowest BCUT2D eigenvalue weighted by Gasteiger charge is -2.18. The Morgan fingerprint density at radius 3 is 2.55 bits per heavy atom. The second-order valence-corrected chi connectivity index (χ2v) is 8.42. The molecule has 1 N–H and O–H groups in total. The van der Waals surface area contributed by atoms with Crippen molar-refractivity contribution in [3.8, 4) is 5.75 Å². The minimum absolute atomic E-state index is 0.0730. The van der Waals surface area contributed by atoms with Gasteiger partial charge in [0.2, 0.25) is 5.91 Å². The number of nitrogens with one attached hydrogen (secondary N) is 1. The van der Waals surface area contributed by atoms with Crippen LogP contribution in [0.3, 0.4) is 0 Å². The van der Waals surface area contributed by atoms with Crippen LogP contribution in [0.4, 0.5) is 5.69 Å². The average Bonchev–Trinajstić information content (AvgIpc) is 3.27. The zero-order valence-corrected chi connectivity index (χ0v) is 18.6. The molecule has 6 nitrogen and oxygen atoms in total. The molecule has 4 rings (SSSR count). The van der Waals surface area contributed by atoms with Gasteiger partial charge in [-0.15, -0.1) is 0 Å². The van der Waals surface area contributed by atoms with Gasteiger partial charge < -0.3 is 19.5 Å². The Hall–Kier alpha value is -3.28. The molecule has 2 aromatic carbocycles. The molecule has 0 spiro atoms. The maximum Gasteiger partial charge on any atom is 0.270 e. The lowest BCUT2D eigenvalue weighted by atomic mass is 10.1. The number of carbonyl (C=O) groups is 2. The molecule has 2 heterocycles. The first-order chi connectivity index (χ1) is 14.8. The van der Waals surface area contributed by atoms with Crippen LogP contribution >= 0.6 is 0 Å². The van der Waals surface area contributed by atoms with Crippen molar-refractivity contribution in [2.24, 2.45) is 7.05 Å². The van der Waals surface area contributed by atoms with E-state index in [1.165, 1.54) is 0 Å². The van der Waals surface area contributed by atoms with Gasteiger partial charge in [-0.05, 0) is 57.0 Å². The quantitative estimate of drug-likeness (QED) is 0.647. The van der Waals surface area contributed by atoms with E-state index in [9.17, 15) is 9.59 Å². The summed E-state index contributed by atoms with van der Waals surface area (Å²) in [5.41, 5.74) is 4.28. The van der Waals surface area contributed by atoms with Gasteiger partial charge in [-0.25, -0.2) is 0 Å². The van der Waals surface area contributed by atoms with Crippen molar-refractivity contribution in [2.45, 2.75) is 46.3 Å². The summed E-state index contributed by atoms with van der Waals surface area (Å²) in [7, 11) is 1.88. The van der Waals surface area contributed by atoms with Gasteiger partial charge in [0.05, 0.1) is 17.3 Å². The van der Waals surface area contributed by atoms with E-state index in [4.69, 9.17) is 4.74 Å². The van der Waals surface area contributed by atoms with Crippen LogP contribution in [0, 0.1) is 6.92 Å². The Labute approximate surface area is 182 Å². The van der Waals surface area contributed by atoms with Crippen molar-refractivity contribution < 1.29 is 14.3 Å². The first-order valence-corrected chi connectivity index (χ1v) is 10.8. The largest absolute Gasteiger partial charge is 0.491 e. The lowest BCUT2D eigenvalue weighted by molar-refractivity contribution is -0.117. The molecule has 6 heteroatoms. The summed E-state index contributed by atoms with van der Waals surface area (Å²) in [4.78, 5) is 27.6. The van der Waals surface area contributed by atoms with Crippen LogP contribution in [0.5, 0.6) is 5.75 Å². The van der Waals surface area contributed by atoms with Gasteiger partial charge in [0, 0.05) is 31.9 Å². The highest BCUT2D eigenvalue weighted by molar-refractivity contribution is 6.14. The molecular weight excluding hydrogens is 390 g/mol. The molecule has 3 aromatic rings. The summed E-state index contributed by atoms with van der Waals surface area (Å²) < 4.78 is 7.57. The highest BCUT2D eigenvalue weighted by atomic mass is 16.5. The Morgan fingerprint density at radius 1 is 1.16 bits per heavy atom. The molecule has 0 bridgehead atoms. The monoisotopic (exact) mass is 419 g/mol. The summed E-state index contributed by atoms with van der Waals surface area (Å²) >= 11 is 0. The van der Waals surface area contributed by atoms with E-state index in [0.717, 1.165) is 39.9 Å². The van der Waals surface area contributed by atoms with Crippen molar-refractivity contribution in [1.29, 1.82) is 0 Å². The minimum Gasteiger partial charge on any atom is -0.491 e. The predicted octanol–water partition coefficient (Wildman–Crippen LogP) is 4.33. The summed E-state index contributed by atoms with van der Waals surface area (Å²) in [6, 6.07) is 13.8. The van der Waals surface area contributed by atoms with E-state index in [-0.39, 0.29) is 17.9 Å². The van der Waals surface area contributed by atoms with E-state index in [1.54, 1.807) is 4.90 Å². The molecule has 1 aliphatic rings. The minimum atomic E-state index is -0.187. The first-order valence-electron chi connectivity index (χ1n) is 10.8. The average molecular weight is 420 g/mol. The summed E-state index contributed by atoms with van der Waals surface area (Å²) in [5.74, 6) is 0.696. The van der Waals surface area contributed by atoms with E-state index in [1.807, 2.05) is 68.8 Å². The summed E-state index contributed by atoms with van der Waals surface area (Å²) in [5, 5.41) is 3.97. The Kier molecular flexibility index (Phi) is 5.72. The van der Waals surface area contributed by atoms with Crippen molar-refractivity contribution >= 4 is 28.4 Å². The highest BCUT2D eigenvalue weighted by Crippen LogP contribution is 2.36. The standard InChI is InChI=1S/C25H29N3O3/c1-16(2)31-19-10-8-18(9-11-19)15-26-25(30)24-23(28-13-5-6-22(28)29)20-14-17(3)7-12-21(20)27(24)4/h7-12,14,16H,5-6,13,15H2,1-4H3,(H,26,30). The second kappa shape index (κ2) is 8.46. The van der Waals surface area contributed by atoms with E-state index < -0.39 is 0 Å². The van der Waals surface area contributed by atoms with E-state index in [0.29, 0.717) is 25.2 Å². The molecule has 1 fully saturated rings. The lowest BCUT2D eigenvalue weighted by Crippen LogP contribution is -2.30. The molecule has 1 aliphatic heterocycles. The molecule has 0 unspecified atom stereocenters. The zero-order chi connectivity index (χ0) is 22.1. The first kappa shape index (κ1) is 21.0. The fraction of sp³-hybridized carbons (Fsp3) is 0.360. The molecular formula is C25H29N3O3. The van der Waals surface area contributed by atoms with Crippen LogP contribution in [0.25, 0.3) is 10.9 Å². The summed E-state index contributed by atoms with van der Waals surface area (Å²) in [6.45, 7) is 7.04. The molecule has 0 radical (unpaired) electrons. The number of ether oxygens (including phenoxy) is 1. The number of anilines is 1.